The number of pyridine rings is 1. The molecular weight excluding hydrogens is 474 g/mol. The van der Waals surface area contributed by atoms with Crippen LogP contribution in [0.1, 0.15) is 61.2 Å². The Hall–Kier alpha value is -2.33. The first-order valence-corrected chi connectivity index (χ1v) is 15.7. The number of hydrogen-bond acceptors (Lipinski definition) is 6. The molecule has 9 nitrogen and oxygen atoms in total. The Balaban J connectivity index is 1.97. The molecule has 1 amide bonds. The van der Waals surface area contributed by atoms with E-state index in [0.29, 0.717) is 19.7 Å². The number of ether oxygens (including phenoxy) is 1. The summed E-state index contributed by atoms with van der Waals surface area (Å²) >= 11 is 0. The molecule has 0 aromatic carbocycles. The van der Waals surface area contributed by atoms with Crippen molar-refractivity contribution < 1.29 is 14.0 Å². The van der Waals surface area contributed by atoms with Crippen LogP contribution in [0.15, 0.2) is 10.9 Å². The van der Waals surface area contributed by atoms with Crippen LogP contribution in [0.4, 0.5) is 10.5 Å². The first-order valence-electron chi connectivity index (χ1n) is 12.8. The Morgan fingerprint density at radius 1 is 1.06 bits per heavy atom. The van der Waals surface area contributed by atoms with E-state index in [-0.39, 0.29) is 28.8 Å². The molecule has 0 bridgehead atoms. The smallest absolute Gasteiger partial charge is 0.410 e. The van der Waals surface area contributed by atoms with Crippen LogP contribution in [-0.2, 0) is 29.9 Å². The molecule has 3 heterocycles. The molecule has 2 aromatic heterocycles. The van der Waals surface area contributed by atoms with E-state index in [1.807, 2.05) is 39.3 Å². The number of hydrogen-bond donors (Lipinski definition) is 0. The van der Waals surface area contributed by atoms with Crippen molar-refractivity contribution in [2.75, 3.05) is 18.0 Å². The fourth-order valence-electron chi connectivity index (χ4n) is 4.32. The van der Waals surface area contributed by atoms with E-state index in [0.717, 1.165) is 22.7 Å². The molecule has 36 heavy (non-hydrogen) atoms. The van der Waals surface area contributed by atoms with E-state index >= 15 is 0 Å². The highest BCUT2D eigenvalue weighted by molar-refractivity contribution is 6.74. The van der Waals surface area contributed by atoms with E-state index in [2.05, 4.69) is 45.7 Å². The second-order valence-electron chi connectivity index (χ2n) is 12.7. The van der Waals surface area contributed by atoms with Gasteiger partial charge in [0, 0.05) is 45.3 Å². The lowest BCUT2D eigenvalue weighted by molar-refractivity contribution is 0.0130. The average Bonchev–Trinajstić information content (AvgIpc) is 3.05. The van der Waals surface area contributed by atoms with Crippen molar-refractivity contribution in [2.24, 2.45) is 14.1 Å². The van der Waals surface area contributed by atoms with Crippen molar-refractivity contribution in [3.63, 3.8) is 0 Å². The molecule has 0 N–H and O–H groups in total. The number of carbonyl (C=O) groups is 1. The molecule has 0 radical (unpaired) electrons. The Morgan fingerprint density at radius 2 is 1.67 bits per heavy atom. The zero-order valence-corrected chi connectivity index (χ0v) is 25.2. The van der Waals surface area contributed by atoms with E-state index < -0.39 is 13.9 Å². The summed E-state index contributed by atoms with van der Waals surface area (Å²) in [5.41, 5.74) is 1.70. The molecular formula is C26H45N5O4Si. The van der Waals surface area contributed by atoms with Crippen molar-refractivity contribution in [1.29, 1.82) is 0 Å². The number of amides is 1. The third kappa shape index (κ3) is 5.49. The van der Waals surface area contributed by atoms with Crippen LogP contribution in [0.2, 0.25) is 18.1 Å². The molecule has 0 saturated carbocycles. The van der Waals surface area contributed by atoms with Crippen molar-refractivity contribution in [1.82, 2.24) is 19.0 Å². The Kier molecular flexibility index (Phi) is 7.47. The number of nitrogens with zero attached hydrogens (tertiary/aromatic N) is 5. The van der Waals surface area contributed by atoms with Gasteiger partial charge in [-0.15, -0.1) is 0 Å². The average molecular weight is 520 g/mol. The lowest BCUT2D eigenvalue weighted by Gasteiger charge is -2.45. The summed E-state index contributed by atoms with van der Waals surface area (Å²) in [5, 5.41) is 0.0922. The molecule has 10 heteroatoms. The minimum absolute atomic E-state index is 0.0158. The number of imidazole rings is 1. The number of aromatic nitrogens is 3. The van der Waals surface area contributed by atoms with E-state index in [9.17, 15) is 9.59 Å². The van der Waals surface area contributed by atoms with Gasteiger partial charge in [-0.3, -0.25) is 9.36 Å². The van der Waals surface area contributed by atoms with Gasteiger partial charge in [-0.25, -0.2) is 9.78 Å². The Labute approximate surface area is 216 Å². The number of rotatable bonds is 4. The maximum Gasteiger partial charge on any atom is 0.410 e. The summed E-state index contributed by atoms with van der Waals surface area (Å²) in [4.78, 5) is 34.8. The van der Waals surface area contributed by atoms with Gasteiger partial charge >= 0.3 is 6.09 Å². The van der Waals surface area contributed by atoms with Crippen LogP contribution in [-0.4, -0.2) is 64.2 Å². The number of fused-ring (bicyclic) bond motifs is 1. The van der Waals surface area contributed by atoms with E-state index in [1.54, 1.807) is 22.6 Å². The predicted molar refractivity (Wildman–Crippen MR) is 147 cm³/mol. The highest BCUT2D eigenvalue weighted by atomic mass is 28.4. The zero-order chi connectivity index (χ0) is 27.4. The Bertz CT molecular complexity index is 1190. The van der Waals surface area contributed by atoms with Gasteiger partial charge in [0.05, 0.1) is 12.3 Å². The molecule has 1 aliphatic heterocycles. The minimum Gasteiger partial charge on any atom is -0.444 e. The molecule has 1 saturated heterocycles. The molecule has 0 aliphatic carbocycles. The van der Waals surface area contributed by atoms with Gasteiger partial charge in [0.15, 0.2) is 8.32 Å². The molecule has 0 spiro atoms. The quantitative estimate of drug-likeness (QED) is 0.548. The predicted octanol–water partition coefficient (Wildman–Crippen LogP) is 4.63. The molecule has 2 atom stereocenters. The number of carbonyl (C=O) groups excluding carboxylic acids is 1. The largest absolute Gasteiger partial charge is 0.444 e. The van der Waals surface area contributed by atoms with Gasteiger partial charge in [-0.2, -0.15) is 0 Å². The van der Waals surface area contributed by atoms with Crippen LogP contribution in [0.5, 0.6) is 0 Å². The van der Waals surface area contributed by atoms with Gasteiger partial charge in [-0.1, -0.05) is 20.8 Å². The van der Waals surface area contributed by atoms with Crippen LogP contribution in [0.3, 0.4) is 0 Å². The summed E-state index contributed by atoms with van der Waals surface area (Å²) in [5.74, 6) is 0.797. The molecule has 0 unspecified atom stereocenters. The normalized spacial score (nSPS) is 19.8. The van der Waals surface area contributed by atoms with Crippen LogP contribution in [0.25, 0.3) is 11.2 Å². The van der Waals surface area contributed by atoms with Crippen LogP contribution >= 0.6 is 0 Å². The second kappa shape index (κ2) is 9.52. The molecule has 2 aromatic rings. The fourth-order valence-corrected chi connectivity index (χ4v) is 5.25. The third-order valence-corrected chi connectivity index (χ3v) is 12.1. The lowest BCUT2D eigenvalue weighted by Crippen LogP contribution is -2.59. The topological polar surface area (TPSA) is 81.8 Å². The monoisotopic (exact) mass is 519 g/mol. The molecule has 202 valence electrons. The highest BCUT2D eigenvalue weighted by Gasteiger charge is 2.38. The van der Waals surface area contributed by atoms with Gasteiger partial charge in [-0.05, 0) is 52.8 Å². The van der Waals surface area contributed by atoms with Crippen molar-refractivity contribution in [3.05, 3.63) is 22.2 Å². The van der Waals surface area contributed by atoms with Crippen LogP contribution in [0, 0.1) is 0 Å². The van der Waals surface area contributed by atoms with Crippen molar-refractivity contribution in [3.8, 4) is 0 Å². The SMILES string of the molecule is C[C@@H]1CN(c2cc(=O)n(C)c3c2nc(CO[Si](C)(C)C(C)(C)C)n3C)[C@@H](C)CN1C(=O)OC(C)(C)C. The summed E-state index contributed by atoms with van der Waals surface area (Å²) < 4.78 is 15.7. The first-order chi connectivity index (χ1) is 16.3. The van der Waals surface area contributed by atoms with E-state index in [4.69, 9.17) is 14.1 Å². The molecule has 1 fully saturated rings. The van der Waals surface area contributed by atoms with Crippen molar-refractivity contribution in [2.45, 2.75) is 97.8 Å². The number of aryl methyl sites for hydroxylation is 2. The van der Waals surface area contributed by atoms with Gasteiger partial charge in [0.1, 0.15) is 22.6 Å². The molecule has 1 aliphatic rings. The Morgan fingerprint density at radius 3 is 2.22 bits per heavy atom. The molecule has 3 rings (SSSR count). The summed E-state index contributed by atoms with van der Waals surface area (Å²) in [6, 6.07) is 1.57. The number of anilines is 1. The lowest BCUT2D eigenvalue weighted by atomic mass is 10.1. The zero-order valence-electron chi connectivity index (χ0n) is 24.2. The fraction of sp³-hybridized carbons (Fsp3) is 0.731. The van der Waals surface area contributed by atoms with Crippen LogP contribution < -0.4 is 10.5 Å². The first kappa shape index (κ1) is 28.2. The summed E-state index contributed by atoms with van der Waals surface area (Å²) in [6.45, 7) is 22.3. The third-order valence-electron chi connectivity index (χ3n) is 7.60. The van der Waals surface area contributed by atoms with Crippen molar-refractivity contribution >= 4 is 31.3 Å². The van der Waals surface area contributed by atoms with Gasteiger partial charge < -0.3 is 23.5 Å². The van der Waals surface area contributed by atoms with Gasteiger partial charge in [0.25, 0.3) is 5.56 Å². The summed E-state index contributed by atoms with van der Waals surface area (Å²) in [6.07, 6.45) is -0.307. The maximum atomic E-state index is 13.0. The minimum atomic E-state index is -1.97. The van der Waals surface area contributed by atoms with Gasteiger partial charge in [0.2, 0.25) is 0 Å². The summed E-state index contributed by atoms with van der Waals surface area (Å²) in [7, 11) is 1.75. The standard InChI is InChI=1S/C26H45N5O4Si/c1-17-15-31(24(33)35-25(3,4)5)18(2)14-30(17)19-13-21(32)29(10)23-22(19)27-20(28(23)9)16-34-36(11,12)26(6,7)8/h13,17-18H,14-16H2,1-12H3/t17-,18+/m0/s1. The number of piperazine rings is 1. The maximum absolute atomic E-state index is 13.0. The highest BCUT2D eigenvalue weighted by Crippen LogP contribution is 2.37. The van der Waals surface area contributed by atoms with E-state index in [1.165, 1.54) is 0 Å². The second-order valence-corrected chi connectivity index (χ2v) is 17.5.